The largest absolute Gasteiger partial charge is 0.402 e. The first-order chi connectivity index (χ1) is 12.0. The minimum Gasteiger partial charge on any atom is -0.402 e. The molecule has 0 atom stereocenters. The summed E-state index contributed by atoms with van der Waals surface area (Å²) in [5, 5.41) is 6.09. The molecular weight excluding hydrogens is 334 g/mol. The molecular formula is C18H17N5OS. The van der Waals surface area contributed by atoms with E-state index in [-0.39, 0.29) is 5.56 Å². The summed E-state index contributed by atoms with van der Waals surface area (Å²) in [5.41, 5.74) is 8.59. The van der Waals surface area contributed by atoms with Gasteiger partial charge in [0, 0.05) is 24.6 Å². The van der Waals surface area contributed by atoms with Gasteiger partial charge in [0.15, 0.2) is 5.65 Å². The van der Waals surface area contributed by atoms with Gasteiger partial charge in [0.1, 0.15) is 10.5 Å². The van der Waals surface area contributed by atoms with Crippen molar-refractivity contribution in [2.45, 2.75) is 13.0 Å². The van der Waals surface area contributed by atoms with Crippen LogP contribution < -0.4 is 11.3 Å². The minimum absolute atomic E-state index is 0.112. The normalized spacial score (nSPS) is 11.4. The van der Waals surface area contributed by atoms with E-state index in [1.165, 1.54) is 16.0 Å². The van der Waals surface area contributed by atoms with Crippen LogP contribution in [0.4, 0.5) is 0 Å². The van der Waals surface area contributed by atoms with E-state index in [1.807, 2.05) is 41.9 Å². The van der Waals surface area contributed by atoms with Crippen LogP contribution in [0.1, 0.15) is 10.6 Å². The molecule has 25 heavy (non-hydrogen) atoms. The number of rotatable bonds is 4. The number of hydrogen-bond acceptors (Lipinski definition) is 5. The van der Waals surface area contributed by atoms with Crippen molar-refractivity contribution >= 4 is 32.6 Å². The fourth-order valence-corrected chi connectivity index (χ4v) is 4.13. The first kappa shape index (κ1) is 15.6. The molecule has 7 heteroatoms. The molecule has 4 rings (SSSR count). The number of fused-ring (bicyclic) bond motifs is 3. The third-order valence-electron chi connectivity index (χ3n) is 4.12. The molecule has 1 aromatic carbocycles. The summed E-state index contributed by atoms with van der Waals surface area (Å²) >= 11 is 1.53. The smallest absolute Gasteiger partial charge is 0.291 e. The van der Waals surface area contributed by atoms with Crippen molar-refractivity contribution in [3.8, 4) is 0 Å². The third kappa shape index (κ3) is 2.62. The van der Waals surface area contributed by atoms with Crippen molar-refractivity contribution in [1.29, 1.82) is 0 Å². The molecule has 0 radical (unpaired) electrons. The maximum absolute atomic E-state index is 12.9. The van der Waals surface area contributed by atoms with E-state index in [2.05, 4.69) is 16.7 Å². The van der Waals surface area contributed by atoms with Gasteiger partial charge in [-0.3, -0.25) is 4.79 Å². The van der Waals surface area contributed by atoms with Crippen molar-refractivity contribution in [1.82, 2.24) is 19.3 Å². The second-order valence-corrected chi connectivity index (χ2v) is 7.09. The van der Waals surface area contributed by atoms with Gasteiger partial charge >= 0.3 is 0 Å². The lowest BCUT2D eigenvalue weighted by Gasteiger charge is -2.05. The number of aromatic nitrogens is 4. The molecule has 3 aromatic heterocycles. The number of nitrogens with zero attached hydrogens (tertiary/aromatic N) is 4. The van der Waals surface area contributed by atoms with Gasteiger partial charge in [-0.15, -0.1) is 11.3 Å². The van der Waals surface area contributed by atoms with Crippen LogP contribution in [0.15, 0.2) is 53.6 Å². The van der Waals surface area contributed by atoms with E-state index in [1.54, 1.807) is 6.20 Å². The van der Waals surface area contributed by atoms with E-state index in [9.17, 15) is 4.79 Å². The van der Waals surface area contributed by atoms with E-state index in [4.69, 9.17) is 5.73 Å². The topological polar surface area (TPSA) is 78.7 Å². The highest BCUT2D eigenvalue weighted by atomic mass is 32.1. The predicted molar refractivity (Wildman–Crippen MR) is 101 cm³/mol. The molecule has 0 saturated heterocycles. The Kier molecular flexibility index (Phi) is 3.65. The average Bonchev–Trinajstić information content (AvgIpc) is 3.09. The van der Waals surface area contributed by atoms with E-state index < -0.39 is 0 Å². The van der Waals surface area contributed by atoms with Crippen molar-refractivity contribution in [2.75, 3.05) is 0 Å². The Morgan fingerprint density at radius 2 is 2.08 bits per heavy atom. The Morgan fingerprint density at radius 3 is 2.80 bits per heavy atom. The standard InChI is InChI=1S/C18H17N5OS/c1-11(19)8-14-21-17-16(25-14)13-9-20-23(18(24)15(13)22(17)2)10-12-6-4-3-5-7-12/h3-7,9H,1,8,10,19H2,2H3. The van der Waals surface area contributed by atoms with Gasteiger partial charge in [0.2, 0.25) is 0 Å². The second kappa shape index (κ2) is 5.86. The van der Waals surface area contributed by atoms with Gasteiger partial charge in [-0.1, -0.05) is 36.9 Å². The van der Waals surface area contributed by atoms with Crippen molar-refractivity contribution < 1.29 is 0 Å². The van der Waals surface area contributed by atoms with Crippen LogP contribution in [0, 0.1) is 0 Å². The Labute approximate surface area is 147 Å². The van der Waals surface area contributed by atoms with Crippen molar-refractivity contribution in [2.24, 2.45) is 12.8 Å². The van der Waals surface area contributed by atoms with Gasteiger partial charge in [-0.2, -0.15) is 5.10 Å². The average molecular weight is 351 g/mol. The summed E-state index contributed by atoms with van der Waals surface area (Å²) in [6.07, 6.45) is 2.29. The molecule has 0 amide bonds. The summed E-state index contributed by atoms with van der Waals surface area (Å²) in [5.74, 6) is 0. The number of allylic oxidation sites excluding steroid dienone is 1. The molecule has 0 bridgehead atoms. The Bertz CT molecular complexity index is 1150. The van der Waals surface area contributed by atoms with Crippen molar-refractivity contribution in [3.05, 3.63) is 69.7 Å². The Morgan fingerprint density at radius 1 is 1.32 bits per heavy atom. The zero-order valence-corrected chi connectivity index (χ0v) is 14.6. The van der Waals surface area contributed by atoms with Gasteiger partial charge in [-0.05, 0) is 5.56 Å². The number of nitrogens with two attached hydrogens (primary N) is 1. The van der Waals surface area contributed by atoms with Gasteiger partial charge in [0.05, 0.1) is 17.4 Å². The zero-order valence-electron chi connectivity index (χ0n) is 13.8. The monoisotopic (exact) mass is 351 g/mol. The van der Waals surface area contributed by atoms with Crippen molar-refractivity contribution in [3.63, 3.8) is 0 Å². The lowest BCUT2D eigenvalue weighted by atomic mass is 10.2. The molecule has 0 aliphatic heterocycles. The van der Waals surface area contributed by atoms with Gasteiger partial charge in [-0.25, -0.2) is 9.67 Å². The highest BCUT2D eigenvalue weighted by molar-refractivity contribution is 7.19. The predicted octanol–water partition coefficient (Wildman–Crippen LogP) is 2.41. The second-order valence-electron chi connectivity index (χ2n) is 6.01. The molecule has 0 spiro atoms. The maximum Gasteiger partial charge on any atom is 0.291 e. The molecule has 0 aliphatic rings. The summed E-state index contributed by atoms with van der Waals surface area (Å²) < 4.78 is 4.30. The number of thiazole rings is 1. The molecule has 0 saturated carbocycles. The first-order valence-corrected chi connectivity index (χ1v) is 8.67. The molecule has 126 valence electrons. The van der Waals surface area contributed by atoms with Crippen LogP contribution in [0.5, 0.6) is 0 Å². The number of hydrogen-bond donors (Lipinski definition) is 1. The third-order valence-corrected chi connectivity index (χ3v) is 5.20. The minimum atomic E-state index is -0.112. The number of aryl methyl sites for hydroxylation is 1. The maximum atomic E-state index is 12.9. The summed E-state index contributed by atoms with van der Waals surface area (Å²) in [4.78, 5) is 17.5. The summed E-state index contributed by atoms with van der Waals surface area (Å²) in [6, 6.07) is 9.82. The van der Waals surface area contributed by atoms with E-state index in [0.717, 1.165) is 26.3 Å². The molecule has 4 aromatic rings. The van der Waals surface area contributed by atoms with Crippen LogP contribution in [-0.4, -0.2) is 19.3 Å². The molecule has 6 nitrogen and oxygen atoms in total. The first-order valence-electron chi connectivity index (χ1n) is 7.85. The number of benzene rings is 1. The molecule has 2 N–H and O–H groups in total. The Balaban J connectivity index is 1.85. The van der Waals surface area contributed by atoms with Crippen LogP contribution in [0.2, 0.25) is 0 Å². The van der Waals surface area contributed by atoms with Crippen LogP contribution in [0.25, 0.3) is 21.3 Å². The van der Waals surface area contributed by atoms with Gasteiger partial charge < -0.3 is 10.3 Å². The lowest BCUT2D eigenvalue weighted by molar-refractivity contribution is 0.644. The summed E-state index contributed by atoms with van der Waals surface area (Å²) in [7, 11) is 1.86. The highest BCUT2D eigenvalue weighted by Gasteiger charge is 2.18. The van der Waals surface area contributed by atoms with Crippen LogP contribution in [-0.2, 0) is 20.0 Å². The summed E-state index contributed by atoms with van der Waals surface area (Å²) in [6.45, 7) is 4.17. The molecule has 0 aliphatic carbocycles. The van der Waals surface area contributed by atoms with E-state index >= 15 is 0 Å². The quantitative estimate of drug-likeness (QED) is 0.612. The fraction of sp³-hybridized carbons (Fsp3) is 0.167. The highest BCUT2D eigenvalue weighted by Crippen LogP contribution is 2.31. The van der Waals surface area contributed by atoms with Gasteiger partial charge in [0.25, 0.3) is 5.56 Å². The lowest BCUT2D eigenvalue weighted by Crippen LogP contribution is -2.24. The fourth-order valence-electron chi connectivity index (χ4n) is 2.97. The molecule has 3 heterocycles. The van der Waals surface area contributed by atoms with E-state index in [0.29, 0.717) is 24.2 Å². The molecule has 0 unspecified atom stereocenters. The van der Waals surface area contributed by atoms with Crippen LogP contribution >= 0.6 is 11.3 Å². The Hall–Kier alpha value is -2.93. The molecule has 0 fully saturated rings. The SMILES string of the molecule is C=C(N)Cc1nc2c(s1)c1cnn(Cc3ccccc3)c(=O)c1n2C. The zero-order chi connectivity index (χ0) is 17.6. The van der Waals surface area contributed by atoms with Crippen LogP contribution in [0.3, 0.4) is 0 Å².